The van der Waals surface area contributed by atoms with Crippen LogP contribution in [0.15, 0.2) is 6.20 Å². The summed E-state index contributed by atoms with van der Waals surface area (Å²) < 4.78 is 37.2. The minimum absolute atomic E-state index is 0.0580. The van der Waals surface area contributed by atoms with Crippen molar-refractivity contribution in [3.8, 4) is 0 Å². The van der Waals surface area contributed by atoms with Crippen LogP contribution in [-0.2, 0) is 39.1 Å². The van der Waals surface area contributed by atoms with Gasteiger partial charge in [-0.25, -0.2) is 14.1 Å². The zero-order chi connectivity index (χ0) is 32.6. The summed E-state index contributed by atoms with van der Waals surface area (Å²) in [5.74, 6) is 0.335. The Morgan fingerprint density at radius 1 is 1.00 bits per heavy atom. The molecule has 0 aliphatic carbocycles. The van der Waals surface area contributed by atoms with Gasteiger partial charge in [-0.1, -0.05) is 65.1 Å². The number of aliphatic hydroxyl groups is 2. The first-order valence-corrected chi connectivity index (χ1v) is 16.9. The molecular formula is C25H43N6O9PS2. The average molecular weight is 667 g/mol. The summed E-state index contributed by atoms with van der Waals surface area (Å²) >= 11 is 2.05. The van der Waals surface area contributed by atoms with Crippen molar-refractivity contribution >= 4 is 59.0 Å². The Labute approximate surface area is 259 Å². The fourth-order valence-electron chi connectivity index (χ4n) is 3.09. The fraction of sp³-hybridized carbons (Fsp3) is 0.720. The molecule has 244 valence electrons. The smallest absolute Gasteiger partial charge is 0.391 e. The lowest BCUT2D eigenvalue weighted by Crippen LogP contribution is -2.40. The van der Waals surface area contributed by atoms with Crippen LogP contribution in [0.5, 0.6) is 0 Å². The van der Waals surface area contributed by atoms with Crippen LogP contribution < -0.4 is 11.5 Å². The van der Waals surface area contributed by atoms with Gasteiger partial charge in [0.25, 0.3) is 0 Å². The second kappa shape index (κ2) is 16.0. The monoisotopic (exact) mass is 666 g/mol. The van der Waals surface area contributed by atoms with Crippen LogP contribution in [0.3, 0.4) is 0 Å². The summed E-state index contributed by atoms with van der Waals surface area (Å²) in [7, 11) is -4.27. The minimum Gasteiger partial charge on any atom is -0.391 e. The van der Waals surface area contributed by atoms with Crippen molar-refractivity contribution in [2.45, 2.75) is 73.4 Å². The maximum atomic E-state index is 13.6. The summed E-state index contributed by atoms with van der Waals surface area (Å²) in [5, 5.41) is 24.6. The SMILES string of the molecule is CC(O)[C@H](O)C(COP(=O)(OCCSC(=O)C(C)(C)C)OCCSC(=O)C(C)(C)C)OCc1cnc2c(N)nc(N)nn12. The van der Waals surface area contributed by atoms with Gasteiger partial charge in [0.15, 0.2) is 21.7 Å². The number of aliphatic hydroxyl groups excluding tert-OH is 2. The van der Waals surface area contributed by atoms with Crippen LogP contribution in [0, 0.1) is 10.8 Å². The molecule has 0 saturated heterocycles. The molecule has 2 heterocycles. The molecule has 0 fully saturated rings. The van der Waals surface area contributed by atoms with E-state index in [0.29, 0.717) is 5.69 Å². The van der Waals surface area contributed by atoms with Gasteiger partial charge in [-0.15, -0.1) is 5.10 Å². The van der Waals surface area contributed by atoms with Gasteiger partial charge in [-0.05, 0) is 6.92 Å². The Bertz CT molecular complexity index is 1240. The number of phosphoric acid groups is 1. The summed E-state index contributed by atoms with van der Waals surface area (Å²) in [4.78, 5) is 32.5. The molecule has 0 amide bonds. The standard InChI is InChI=1S/C25H43N6O9PS2/c1-15(32)18(33)17(37-13-16-12-28-20-19(26)29-23(27)30-31(16)20)14-40-41(36,38-8-10-42-21(34)24(2,3)4)39-9-11-43-22(35)25(5,6)7/h12,15,17-18,32-33H,8-11,13-14H2,1-7H3,(H4,26,27,29,30)/t15?,17?,18-/m0/s1. The van der Waals surface area contributed by atoms with Gasteiger partial charge in [0.05, 0.1) is 44.4 Å². The van der Waals surface area contributed by atoms with E-state index >= 15 is 0 Å². The molecule has 2 aromatic heterocycles. The Hall–Kier alpha value is -1.82. The number of rotatable bonds is 16. The maximum Gasteiger partial charge on any atom is 0.474 e. The van der Waals surface area contributed by atoms with E-state index in [4.69, 9.17) is 29.8 Å². The number of hydrogen-bond acceptors (Lipinski definition) is 16. The maximum absolute atomic E-state index is 13.6. The van der Waals surface area contributed by atoms with Gasteiger partial charge in [0.1, 0.15) is 12.2 Å². The van der Waals surface area contributed by atoms with Crippen LogP contribution >= 0.6 is 31.3 Å². The third kappa shape index (κ3) is 11.9. The zero-order valence-corrected chi connectivity index (χ0v) is 28.0. The summed E-state index contributed by atoms with van der Waals surface area (Å²) in [5.41, 5.74) is 11.0. The van der Waals surface area contributed by atoms with Crippen molar-refractivity contribution in [2.24, 2.45) is 10.8 Å². The number of phosphoric ester groups is 1. The highest BCUT2D eigenvalue weighted by atomic mass is 32.2. The number of anilines is 2. The van der Waals surface area contributed by atoms with Crippen LogP contribution in [0.4, 0.5) is 11.8 Å². The molecule has 15 nitrogen and oxygen atoms in total. The molecule has 0 aliphatic heterocycles. The van der Waals surface area contributed by atoms with E-state index in [2.05, 4.69) is 15.1 Å². The van der Waals surface area contributed by atoms with Crippen LogP contribution in [0.2, 0.25) is 0 Å². The molecule has 18 heteroatoms. The lowest BCUT2D eigenvalue weighted by molar-refractivity contribution is -0.118. The van der Waals surface area contributed by atoms with Crippen LogP contribution in [0.25, 0.3) is 5.65 Å². The van der Waals surface area contributed by atoms with Gasteiger partial charge in [-0.2, -0.15) is 4.98 Å². The first-order chi connectivity index (χ1) is 19.8. The quantitative estimate of drug-likeness (QED) is 0.149. The van der Waals surface area contributed by atoms with Crippen LogP contribution in [0.1, 0.15) is 54.2 Å². The number of thioether (sulfide) groups is 2. The highest BCUT2D eigenvalue weighted by molar-refractivity contribution is 8.14. The van der Waals surface area contributed by atoms with Crippen molar-refractivity contribution in [1.82, 2.24) is 19.6 Å². The molecule has 0 spiro atoms. The van der Waals surface area contributed by atoms with Crippen molar-refractivity contribution in [1.29, 1.82) is 0 Å². The molecule has 2 unspecified atom stereocenters. The van der Waals surface area contributed by atoms with Gasteiger partial charge < -0.3 is 26.4 Å². The van der Waals surface area contributed by atoms with E-state index in [1.165, 1.54) is 17.6 Å². The molecular weight excluding hydrogens is 623 g/mol. The van der Waals surface area contributed by atoms with E-state index in [0.717, 1.165) is 23.5 Å². The fourth-order valence-corrected chi connectivity index (χ4v) is 6.09. The Morgan fingerprint density at radius 3 is 2.02 bits per heavy atom. The highest BCUT2D eigenvalue weighted by Gasteiger charge is 2.33. The number of nitrogens with two attached hydrogens (primary N) is 2. The van der Waals surface area contributed by atoms with E-state index in [9.17, 15) is 24.4 Å². The van der Waals surface area contributed by atoms with E-state index in [1.54, 1.807) is 41.5 Å². The topological polar surface area (TPSA) is 224 Å². The molecule has 3 atom stereocenters. The normalized spacial score (nSPS) is 15.0. The number of hydrogen-bond donors (Lipinski definition) is 4. The lowest BCUT2D eigenvalue weighted by Gasteiger charge is -2.27. The Morgan fingerprint density at radius 2 is 1.53 bits per heavy atom. The first kappa shape index (κ1) is 37.4. The molecule has 6 N–H and O–H groups in total. The Balaban J connectivity index is 2.12. The third-order valence-electron chi connectivity index (χ3n) is 5.55. The number of imidazole rings is 1. The van der Waals surface area contributed by atoms with Gasteiger partial charge >= 0.3 is 7.82 Å². The van der Waals surface area contributed by atoms with E-state index in [-0.39, 0.29) is 59.0 Å². The molecule has 0 aromatic carbocycles. The third-order valence-corrected chi connectivity index (χ3v) is 9.50. The number of nitrogens with zero attached hydrogens (tertiary/aromatic N) is 4. The number of fused-ring (bicyclic) bond motifs is 1. The van der Waals surface area contributed by atoms with Gasteiger partial charge in [0, 0.05) is 22.3 Å². The second-order valence-corrected chi connectivity index (χ2v) is 15.4. The molecule has 0 saturated carbocycles. The lowest BCUT2D eigenvalue weighted by atomic mass is 9.99. The number of ether oxygens (including phenoxy) is 1. The predicted octanol–water partition coefficient (Wildman–Crippen LogP) is 2.69. The average Bonchev–Trinajstić information content (AvgIpc) is 3.30. The van der Waals surface area contributed by atoms with Crippen molar-refractivity contribution < 1.29 is 42.7 Å². The van der Waals surface area contributed by atoms with Crippen molar-refractivity contribution in [2.75, 3.05) is 42.8 Å². The largest absolute Gasteiger partial charge is 0.474 e. The highest BCUT2D eigenvalue weighted by Crippen LogP contribution is 2.50. The van der Waals surface area contributed by atoms with Crippen molar-refractivity contribution in [3.05, 3.63) is 11.9 Å². The van der Waals surface area contributed by atoms with Crippen LogP contribution in [-0.4, -0.2) is 89.7 Å². The number of aromatic nitrogens is 4. The Kier molecular flexibility index (Phi) is 13.9. The molecule has 43 heavy (non-hydrogen) atoms. The summed E-state index contributed by atoms with van der Waals surface area (Å²) in [6.45, 7) is 11.1. The van der Waals surface area contributed by atoms with E-state index < -0.39 is 43.6 Å². The van der Waals surface area contributed by atoms with Gasteiger partial charge in [-0.3, -0.25) is 23.2 Å². The summed E-state index contributed by atoms with van der Waals surface area (Å²) in [6, 6.07) is 0. The number of carbonyl (C=O) groups is 2. The van der Waals surface area contributed by atoms with Crippen molar-refractivity contribution in [3.63, 3.8) is 0 Å². The minimum atomic E-state index is -4.27. The first-order valence-electron chi connectivity index (χ1n) is 13.5. The molecule has 0 bridgehead atoms. The van der Waals surface area contributed by atoms with Gasteiger partial charge in [0.2, 0.25) is 5.95 Å². The zero-order valence-electron chi connectivity index (χ0n) is 25.5. The molecule has 2 aromatic rings. The molecule has 0 radical (unpaired) electrons. The molecule has 0 aliphatic rings. The second-order valence-electron chi connectivity index (χ2n) is 11.6. The number of carbonyl (C=O) groups excluding carboxylic acids is 2. The predicted molar refractivity (Wildman–Crippen MR) is 165 cm³/mol. The molecule has 2 rings (SSSR count). The van der Waals surface area contributed by atoms with E-state index in [1.807, 2.05) is 0 Å². The number of nitrogen functional groups attached to an aromatic ring is 2. The summed E-state index contributed by atoms with van der Waals surface area (Å²) in [6.07, 6.45) is -2.49.